The molecule has 0 saturated carbocycles. The molecular weight excluding hydrogens is 477 g/mol. The normalized spacial score (nSPS) is 16.6. The fourth-order valence-corrected chi connectivity index (χ4v) is 5.26. The van der Waals surface area contributed by atoms with E-state index in [2.05, 4.69) is 15.3 Å². The van der Waals surface area contributed by atoms with Crippen molar-refractivity contribution in [2.75, 3.05) is 11.9 Å². The van der Waals surface area contributed by atoms with Crippen molar-refractivity contribution in [1.82, 2.24) is 14.9 Å². The van der Waals surface area contributed by atoms with Gasteiger partial charge in [0.1, 0.15) is 5.76 Å². The van der Waals surface area contributed by atoms with Gasteiger partial charge >= 0.3 is 6.18 Å². The van der Waals surface area contributed by atoms with Crippen molar-refractivity contribution in [3.63, 3.8) is 0 Å². The number of amides is 2. The second kappa shape index (κ2) is 8.27. The van der Waals surface area contributed by atoms with Crippen molar-refractivity contribution >= 4 is 50.0 Å². The van der Waals surface area contributed by atoms with E-state index in [1.54, 1.807) is 29.6 Å². The number of thiazole rings is 1. The highest BCUT2D eigenvalue weighted by Gasteiger charge is 2.37. The average Bonchev–Trinajstić information content (AvgIpc) is 3.55. The third-order valence-electron chi connectivity index (χ3n) is 5.18. The van der Waals surface area contributed by atoms with Crippen molar-refractivity contribution in [3.05, 3.63) is 53.3 Å². The number of likely N-dealkylation sites (tertiary alicyclic amines) is 1. The zero-order valence-corrected chi connectivity index (χ0v) is 18.4. The predicted molar refractivity (Wildman–Crippen MR) is 117 cm³/mol. The van der Waals surface area contributed by atoms with Crippen LogP contribution < -0.4 is 5.32 Å². The molecule has 5 rings (SSSR count). The lowest BCUT2D eigenvalue weighted by atomic mass is 10.1. The Balaban J connectivity index is 1.38. The molecule has 0 radical (unpaired) electrons. The maximum absolute atomic E-state index is 13.7. The number of nitrogens with one attached hydrogen (secondary N) is 1. The molecule has 1 atom stereocenters. The van der Waals surface area contributed by atoms with Gasteiger partial charge in [0.05, 0.1) is 39.6 Å². The van der Waals surface area contributed by atoms with E-state index in [1.165, 1.54) is 22.5 Å². The van der Waals surface area contributed by atoms with Gasteiger partial charge < -0.3 is 14.6 Å². The van der Waals surface area contributed by atoms with Crippen molar-refractivity contribution in [2.45, 2.75) is 19.1 Å². The summed E-state index contributed by atoms with van der Waals surface area (Å²) in [6.45, 7) is 0.436. The highest BCUT2D eigenvalue weighted by atomic mass is 32.1. The van der Waals surface area contributed by atoms with E-state index in [0.717, 1.165) is 6.07 Å². The van der Waals surface area contributed by atoms with Gasteiger partial charge in [-0.25, -0.2) is 4.98 Å². The van der Waals surface area contributed by atoms with Gasteiger partial charge in [-0.05, 0) is 29.6 Å². The summed E-state index contributed by atoms with van der Waals surface area (Å²) in [7, 11) is 0. The Labute approximate surface area is 192 Å². The molecule has 1 aliphatic rings. The number of pyridine rings is 1. The highest BCUT2D eigenvalue weighted by Crippen LogP contribution is 2.41. The van der Waals surface area contributed by atoms with Crippen LogP contribution in [0.4, 0.5) is 18.3 Å². The number of carbonyl (C=O) groups is 2. The zero-order chi connectivity index (χ0) is 23.2. The van der Waals surface area contributed by atoms with E-state index < -0.39 is 23.6 Å². The molecule has 0 bridgehead atoms. The number of furan rings is 1. The number of alkyl halides is 3. The molecule has 1 N–H and O–H groups in total. The first-order valence-electron chi connectivity index (χ1n) is 9.81. The predicted octanol–water partition coefficient (Wildman–Crippen LogP) is 5.02. The third kappa shape index (κ3) is 4.35. The first kappa shape index (κ1) is 21.6. The van der Waals surface area contributed by atoms with Crippen LogP contribution in [-0.4, -0.2) is 33.2 Å². The number of fused-ring (bicyclic) bond motifs is 1. The number of anilines is 1. The van der Waals surface area contributed by atoms with E-state index in [4.69, 9.17) is 4.42 Å². The first-order valence-corrected chi connectivity index (χ1v) is 11.5. The van der Waals surface area contributed by atoms with E-state index in [0.29, 0.717) is 22.0 Å². The number of nitrogens with zero attached hydrogens (tertiary/aromatic N) is 3. The summed E-state index contributed by atoms with van der Waals surface area (Å²) in [5, 5.41) is 4.32. The van der Waals surface area contributed by atoms with Crippen LogP contribution in [0.2, 0.25) is 0 Å². The monoisotopic (exact) mass is 492 g/mol. The molecule has 1 fully saturated rings. The average molecular weight is 493 g/mol. The van der Waals surface area contributed by atoms with Gasteiger partial charge in [0, 0.05) is 13.0 Å². The minimum Gasteiger partial charge on any atom is -0.467 e. The van der Waals surface area contributed by atoms with Gasteiger partial charge in [-0.1, -0.05) is 17.4 Å². The van der Waals surface area contributed by atoms with Crippen molar-refractivity contribution in [1.29, 1.82) is 0 Å². The minimum absolute atomic E-state index is 0.00597. The number of aromatic nitrogens is 2. The number of hydrogen-bond acceptors (Lipinski definition) is 7. The maximum Gasteiger partial charge on any atom is 0.417 e. The lowest BCUT2D eigenvalue weighted by Crippen LogP contribution is -2.27. The smallest absolute Gasteiger partial charge is 0.417 e. The number of thiophene rings is 1. The van der Waals surface area contributed by atoms with Gasteiger partial charge in [0.25, 0.3) is 0 Å². The van der Waals surface area contributed by atoms with Crippen LogP contribution in [0.3, 0.4) is 0 Å². The number of hydrogen-bond donors (Lipinski definition) is 1. The lowest BCUT2D eigenvalue weighted by Gasteiger charge is -2.14. The molecule has 1 unspecified atom stereocenters. The van der Waals surface area contributed by atoms with Gasteiger partial charge in [-0.3, -0.25) is 9.59 Å². The summed E-state index contributed by atoms with van der Waals surface area (Å²) in [6, 6.07) is 7.85. The number of rotatable bonds is 5. The topological polar surface area (TPSA) is 88.3 Å². The van der Waals surface area contributed by atoms with E-state index in [1.807, 2.05) is 0 Å². The fourth-order valence-electron chi connectivity index (χ4n) is 3.63. The summed E-state index contributed by atoms with van der Waals surface area (Å²) in [4.78, 5) is 35.5. The summed E-state index contributed by atoms with van der Waals surface area (Å²) in [5.74, 6) is -0.715. The minimum atomic E-state index is -4.61. The Morgan fingerprint density at radius 3 is 2.82 bits per heavy atom. The van der Waals surface area contributed by atoms with Gasteiger partial charge in [0.15, 0.2) is 10.8 Å². The SMILES string of the molecule is O=C(Nc1nc2nc(-c3cccs3)cc(C(F)(F)F)c2s1)C1CC(=O)N(Cc2ccco2)C1. The molecule has 4 aromatic rings. The Morgan fingerprint density at radius 1 is 1.27 bits per heavy atom. The van der Waals surface area contributed by atoms with Crippen molar-refractivity contribution < 1.29 is 27.2 Å². The molecule has 0 aliphatic carbocycles. The third-order valence-corrected chi connectivity index (χ3v) is 7.07. The summed E-state index contributed by atoms with van der Waals surface area (Å²) < 4.78 is 46.2. The van der Waals surface area contributed by atoms with Crippen LogP contribution in [0.15, 0.2) is 46.4 Å². The Kier molecular flexibility index (Phi) is 5.41. The Bertz CT molecular complexity index is 1320. The second-order valence-corrected chi connectivity index (χ2v) is 9.39. The van der Waals surface area contributed by atoms with Crippen molar-refractivity contribution in [2.24, 2.45) is 5.92 Å². The van der Waals surface area contributed by atoms with Crippen LogP contribution in [-0.2, 0) is 22.3 Å². The molecule has 0 aromatic carbocycles. The van der Waals surface area contributed by atoms with E-state index in [9.17, 15) is 22.8 Å². The van der Waals surface area contributed by atoms with Crippen LogP contribution >= 0.6 is 22.7 Å². The summed E-state index contributed by atoms with van der Waals surface area (Å²) in [5.41, 5.74) is -0.770. The fraction of sp³-hybridized carbons (Fsp3) is 0.238. The second-order valence-electron chi connectivity index (χ2n) is 7.45. The largest absolute Gasteiger partial charge is 0.467 e. The van der Waals surface area contributed by atoms with Crippen LogP contribution in [0.25, 0.3) is 20.9 Å². The lowest BCUT2D eigenvalue weighted by molar-refractivity contribution is -0.136. The highest BCUT2D eigenvalue weighted by molar-refractivity contribution is 7.22. The van der Waals surface area contributed by atoms with Crippen LogP contribution in [0.5, 0.6) is 0 Å². The standard InChI is InChI=1S/C21H15F3N4O3S2/c22-21(23,24)13-8-14(15-4-2-6-32-15)25-18-17(13)33-20(26-18)27-19(30)11-7-16(29)28(9-11)10-12-3-1-5-31-12/h1-6,8,11H,7,9-10H2,(H,25,26,27,30). The van der Waals surface area contributed by atoms with E-state index >= 15 is 0 Å². The molecule has 4 aromatic heterocycles. The number of carbonyl (C=O) groups excluding carboxylic acids is 2. The molecule has 12 heteroatoms. The molecule has 33 heavy (non-hydrogen) atoms. The van der Waals surface area contributed by atoms with Gasteiger partial charge in [-0.15, -0.1) is 11.3 Å². The number of halogens is 3. The molecule has 1 aliphatic heterocycles. The van der Waals surface area contributed by atoms with Gasteiger partial charge in [-0.2, -0.15) is 18.2 Å². The summed E-state index contributed by atoms with van der Waals surface area (Å²) in [6.07, 6.45) is -3.10. The zero-order valence-electron chi connectivity index (χ0n) is 16.8. The summed E-state index contributed by atoms with van der Waals surface area (Å²) >= 11 is 1.99. The molecule has 0 spiro atoms. The van der Waals surface area contributed by atoms with E-state index in [-0.39, 0.29) is 46.6 Å². The molecule has 170 valence electrons. The molecular formula is C21H15F3N4O3S2. The molecule has 5 heterocycles. The maximum atomic E-state index is 13.7. The molecule has 1 saturated heterocycles. The first-order chi connectivity index (χ1) is 15.8. The molecule has 2 amide bonds. The van der Waals surface area contributed by atoms with Crippen molar-refractivity contribution in [3.8, 4) is 10.6 Å². The Morgan fingerprint density at radius 2 is 2.12 bits per heavy atom. The quantitative estimate of drug-likeness (QED) is 0.423. The molecule has 7 nitrogen and oxygen atoms in total. The van der Waals surface area contributed by atoms with Gasteiger partial charge in [0.2, 0.25) is 11.8 Å². The van der Waals surface area contributed by atoms with Crippen LogP contribution in [0, 0.1) is 5.92 Å². The van der Waals surface area contributed by atoms with Crippen LogP contribution in [0.1, 0.15) is 17.7 Å². The Hall–Kier alpha value is -3.25.